The minimum Gasteiger partial charge on any atom is -0.392 e. The minimum absolute atomic E-state index is 0.165. The molecule has 1 fully saturated rings. The summed E-state index contributed by atoms with van der Waals surface area (Å²) in [5.74, 6) is 0. The third kappa shape index (κ3) is 2.93. The summed E-state index contributed by atoms with van der Waals surface area (Å²) in [6.45, 7) is 2.53. The van der Waals surface area contributed by atoms with E-state index >= 15 is 0 Å². The third-order valence-electron chi connectivity index (χ3n) is 3.21. The molecule has 0 saturated heterocycles. The van der Waals surface area contributed by atoms with Gasteiger partial charge in [-0.15, -0.1) is 5.10 Å². The van der Waals surface area contributed by atoms with Gasteiger partial charge in [-0.2, -0.15) is 0 Å². The molecule has 2 rings (SSSR count). The molecule has 0 spiro atoms. The van der Waals surface area contributed by atoms with E-state index in [1.165, 1.54) is 18.2 Å². The van der Waals surface area contributed by atoms with Gasteiger partial charge in [-0.05, 0) is 19.8 Å². The number of aromatic nitrogens is 3. The zero-order valence-electron chi connectivity index (χ0n) is 10.1. The lowest BCUT2D eigenvalue weighted by atomic mass is 10.1. The van der Waals surface area contributed by atoms with E-state index in [2.05, 4.69) is 10.2 Å². The minimum atomic E-state index is -0.278. The van der Waals surface area contributed by atoms with Crippen molar-refractivity contribution in [2.24, 2.45) is 0 Å². The van der Waals surface area contributed by atoms with Crippen LogP contribution in [0.3, 0.4) is 0 Å². The number of hydrogen-bond donors (Lipinski definition) is 2. The maximum absolute atomic E-state index is 11.4. The molecule has 1 aliphatic rings. The molecule has 1 saturated carbocycles. The summed E-state index contributed by atoms with van der Waals surface area (Å²) in [4.78, 5) is 11.4. The van der Waals surface area contributed by atoms with E-state index < -0.39 is 0 Å². The summed E-state index contributed by atoms with van der Waals surface area (Å²) >= 11 is 1.53. The van der Waals surface area contributed by atoms with E-state index in [9.17, 15) is 9.90 Å². The molecule has 1 aromatic rings. The highest BCUT2D eigenvalue weighted by Gasteiger charge is 2.24. The van der Waals surface area contributed by atoms with Gasteiger partial charge in [0, 0.05) is 11.8 Å². The second-order valence-electron chi connectivity index (χ2n) is 4.42. The molecule has 1 aromatic heterocycles. The molecule has 2 unspecified atom stereocenters. The molecule has 0 radical (unpaired) electrons. The molecule has 0 amide bonds. The van der Waals surface area contributed by atoms with Gasteiger partial charge in [-0.1, -0.05) is 31.0 Å². The topological polar surface area (TPSA) is 70.9 Å². The zero-order valence-corrected chi connectivity index (χ0v) is 10.9. The van der Waals surface area contributed by atoms with Crippen LogP contribution < -0.4 is 5.69 Å². The standard InChI is InChI=1S/C11H19N3O2S/c1-2-14-10(16)12-13-11(14)17-9-7-5-3-4-6-8(9)15/h8-9,15H,2-7H2,1H3,(H,12,16). The highest BCUT2D eigenvalue weighted by atomic mass is 32.2. The Morgan fingerprint density at radius 1 is 1.47 bits per heavy atom. The molecule has 96 valence electrons. The molecule has 1 heterocycles. The van der Waals surface area contributed by atoms with Crippen LogP contribution in [0.15, 0.2) is 9.95 Å². The molecule has 2 atom stereocenters. The van der Waals surface area contributed by atoms with Gasteiger partial charge < -0.3 is 5.11 Å². The fraction of sp³-hybridized carbons (Fsp3) is 0.818. The van der Waals surface area contributed by atoms with E-state index in [1.807, 2.05) is 6.92 Å². The summed E-state index contributed by atoms with van der Waals surface area (Å²) < 4.78 is 1.61. The molecule has 17 heavy (non-hydrogen) atoms. The second kappa shape index (κ2) is 5.73. The number of H-pyrrole nitrogens is 1. The number of nitrogens with one attached hydrogen (secondary N) is 1. The molecular weight excluding hydrogens is 238 g/mol. The Morgan fingerprint density at radius 2 is 2.24 bits per heavy atom. The Bertz CT molecular complexity index is 415. The lowest BCUT2D eigenvalue weighted by Crippen LogP contribution is -2.23. The van der Waals surface area contributed by atoms with Crippen molar-refractivity contribution < 1.29 is 5.11 Å². The quantitative estimate of drug-likeness (QED) is 0.802. The van der Waals surface area contributed by atoms with Crippen LogP contribution in [0, 0.1) is 0 Å². The van der Waals surface area contributed by atoms with Crippen molar-refractivity contribution in [3.8, 4) is 0 Å². The Balaban J connectivity index is 2.10. The third-order valence-corrected chi connectivity index (χ3v) is 4.59. The van der Waals surface area contributed by atoms with Crippen molar-refractivity contribution in [1.82, 2.24) is 14.8 Å². The molecule has 0 aliphatic heterocycles. The first-order valence-electron chi connectivity index (χ1n) is 6.22. The molecule has 0 bridgehead atoms. The number of rotatable bonds is 3. The van der Waals surface area contributed by atoms with Crippen molar-refractivity contribution in [2.75, 3.05) is 0 Å². The Morgan fingerprint density at radius 3 is 3.00 bits per heavy atom. The second-order valence-corrected chi connectivity index (χ2v) is 5.62. The Hall–Kier alpha value is -0.750. The predicted molar refractivity (Wildman–Crippen MR) is 67.3 cm³/mol. The first-order valence-corrected chi connectivity index (χ1v) is 7.10. The first-order chi connectivity index (χ1) is 8.22. The first kappa shape index (κ1) is 12.7. The Labute approximate surface area is 105 Å². The SMILES string of the molecule is CCn1c(SC2CCCCCC2O)n[nH]c1=O. The number of nitrogens with zero attached hydrogens (tertiary/aromatic N) is 2. The maximum Gasteiger partial charge on any atom is 0.343 e. The summed E-state index contributed by atoms with van der Waals surface area (Å²) in [7, 11) is 0. The van der Waals surface area contributed by atoms with Gasteiger partial charge in [-0.25, -0.2) is 9.89 Å². The number of aromatic amines is 1. The zero-order chi connectivity index (χ0) is 12.3. The number of aliphatic hydroxyl groups is 1. The number of aliphatic hydroxyl groups excluding tert-OH is 1. The predicted octanol–water partition coefficient (Wildman–Crippen LogP) is 1.38. The van der Waals surface area contributed by atoms with Gasteiger partial charge in [0.25, 0.3) is 0 Å². The van der Waals surface area contributed by atoms with E-state index in [4.69, 9.17) is 0 Å². The van der Waals surface area contributed by atoms with Crippen molar-refractivity contribution >= 4 is 11.8 Å². The molecule has 2 N–H and O–H groups in total. The fourth-order valence-electron chi connectivity index (χ4n) is 2.20. The van der Waals surface area contributed by atoms with Crippen LogP contribution in [-0.2, 0) is 6.54 Å². The Kier molecular flexibility index (Phi) is 4.28. The van der Waals surface area contributed by atoms with Gasteiger partial charge in [0.05, 0.1) is 6.10 Å². The average Bonchev–Trinajstić information content (AvgIpc) is 2.54. The summed E-state index contributed by atoms with van der Waals surface area (Å²) in [5.41, 5.74) is -0.168. The molecule has 0 aromatic carbocycles. The number of hydrogen-bond acceptors (Lipinski definition) is 4. The normalized spacial score (nSPS) is 25.8. The summed E-state index contributed by atoms with van der Waals surface area (Å²) in [5, 5.41) is 17.4. The lowest BCUT2D eigenvalue weighted by molar-refractivity contribution is 0.163. The van der Waals surface area contributed by atoms with Crippen LogP contribution >= 0.6 is 11.8 Å². The van der Waals surface area contributed by atoms with Gasteiger partial charge >= 0.3 is 5.69 Å². The molecule has 1 aliphatic carbocycles. The van der Waals surface area contributed by atoms with Gasteiger partial charge in [0.1, 0.15) is 0 Å². The smallest absolute Gasteiger partial charge is 0.343 e. The largest absolute Gasteiger partial charge is 0.392 e. The van der Waals surface area contributed by atoms with Gasteiger partial charge in [0.15, 0.2) is 5.16 Å². The van der Waals surface area contributed by atoms with Crippen molar-refractivity contribution in [1.29, 1.82) is 0 Å². The van der Waals surface area contributed by atoms with Crippen LogP contribution in [0.25, 0.3) is 0 Å². The fourth-order valence-corrected chi connectivity index (χ4v) is 3.49. The highest BCUT2D eigenvalue weighted by molar-refractivity contribution is 7.99. The van der Waals surface area contributed by atoms with Crippen molar-refractivity contribution in [3.05, 3.63) is 10.5 Å². The van der Waals surface area contributed by atoms with Crippen LogP contribution in [0.4, 0.5) is 0 Å². The molecule has 5 nitrogen and oxygen atoms in total. The average molecular weight is 257 g/mol. The van der Waals surface area contributed by atoms with E-state index in [0.717, 1.165) is 25.7 Å². The maximum atomic E-state index is 11.4. The van der Waals surface area contributed by atoms with E-state index in [0.29, 0.717) is 11.7 Å². The summed E-state index contributed by atoms with van der Waals surface area (Å²) in [6.07, 6.45) is 5.01. The van der Waals surface area contributed by atoms with Crippen LogP contribution in [0.1, 0.15) is 39.0 Å². The van der Waals surface area contributed by atoms with E-state index in [1.54, 1.807) is 4.57 Å². The number of thioether (sulfide) groups is 1. The monoisotopic (exact) mass is 257 g/mol. The van der Waals surface area contributed by atoms with Crippen molar-refractivity contribution in [2.45, 2.75) is 62.1 Å². The lowest BCUT2D eigenvalue weighted by Gasteiger charge is -2.18. The van der Waals surface area contributed by atoms with E-state index in [-0.39, 0.29) is 17.0 Å². The molecular formula is C11H19N3O2S. The van der Waals surface area contributed by atoms with Gasteiger partial charge in [0.2, 0.25) is 0 Å². The highest BCUT2D eigenvalue weighted by Crippen LogP contribution is 2.31. The van der Waals surface area contributed by atoms with Gasteiger partial charge in [-0.3, -0.25) is 4.57 Å². The van der Waals surface area contributed by atoms with Crippen LogP contribution in [0.2, 0.25) is 0 Å². The van der Waals surface area contributed by atoms with Crippen LogP contribution in [-0.4, -0.2) is 31.2 Å². The summed E-state index contributed by atoms with van der Waals surface area (Å²) in [6, 6.07) is 0. The molecule has 6 heteroatoms. The van der Waals surface area contributed by atoms with Crippen LogP contribution in [0.5, 0.6) is 0 Å². The van der Waals surface area contributed by atoms with Crippen molar-refractivity contribution in [3.63, 3.8) is 0 Å².